The summed E-state index contributed by atoms with van der Waals surface area (Å²) < 4.78 is 5.23. The summed E-state index contributed by atoms with van der Waals surface area (Å²) >= 11 is 1.63. The van der Waals surface area contributed by atoms with E-state index < -0.39 is 0 Å². The lowest BCUT2D eigenvalue weighted by atomic mass is 10.2. The Balaban J connectivity index is 1.60. The zero-order valence-corrected chi connectivity index (χ0v) is 10.4. The van der Waals surface area contributed by atoms with Crippen molar-refractivity contribution in [1.82, 2.24) is 15.5 Å². The minimum absolute atomic E-state index is 0.632. The minimum Gasteiger partial charge on any atom is -0.338 e. The molecule has 0 unspecified atom stereocenters. The Morgan fingerprint density at radius 1 is 1.41 bits per heavy atom. The first-order valence-electron chi connectivity index (χ1n) is 6.01. The van der Waals surface area contributed by atoms with Gasteiger partial charge in [0, 0.05) is 6.04 Å². The average Bonchev–Trinajstić information content (AvgIpc) is 3.09. The average molecular weight is 249 g/mol. The van der Waals surface area contributed by atoms with Crippen molar-refractivity contribution in [2.24, 2.45) is 0 Å². The first-order valence-corrected chi connectivity index (χ1v) is 6.89. The highest BCUT2D eigenvalue weighted by Crippen LogP contribution is 2.22. The number of rotatable bonds is 4. The lowest BCUT2D eigenvalue weighted by Crippen LogP contribution is -2.25. The van der Waals surface area contributed by atoms with Gasteiger partial charge in [0.15, 0.2) is 0 Å². The summed E-state index contributed by atoms with van der Waals surface area (Å²) in [5.41, 5.74) is 0. The summed E-state index contributed by atoms with van der Waals surface area (Å²) in [6.45, 7) is 0.684. The molecule has 5 heteroatoms. The quantitative estimate of drug-likeness (QED) is 0.905. The maximum absolute atomic E-state index is 5.23. The van der Waals surface area contributed by atoms with Gasteiger partial charge >= 0.3 is 0 Å². The van der Waals surface area contributed by atoms with Crippen LogP contribution in [0.1, 0.15) is 31.6 Å². The fourth-order valence-corrected chi connectivity index (χ4v) is 2.84. The molecule has 2 heterocycles. The molecule has 0 bridgehead atoms. The molecule has 0 radical (unpaired) electrons. The summed E-state index contributed by atoms with van der Waals surface area (Å²) in [5, 5.41) is 9.47. The van der Waals surface area contributed by atoms with E-state index in [1.165, 1.54) is 25.7 Å². The lowest BCUT2D eigenvalue weighted by molar-refractivity contribution is 0.357. The predicted molar refractivity (Wildman–Crippen MR) is 66.7 cm³/mol. The van der Waals surface area contributed by atoms with Gasteiger partial charge in [-0.15, -0.1) is 11.3 Å². The van der Waals surface area contributed by atoms with Crippen LogP contribution in [0.2, 0.25) is 0 Å². The maximum Gasteiger partial charge on any atom is 0.240 e. The molecule has 17 heavy (non-hydrogen) atoms. The molecule has 2 aromatic rings. The number of hydrogen-bond acceptors (Lipinski definition) is 5. The van der Waals surface area contributed by atoms with Gasteiger partial charge in [-0.25, -0.2) is 0 Å². The van der Waals surface area contributed by atoms with Crippen molar-refractivity contribution >= 4 is 11.3 Å². The van der Waals surface area contributed by atoms with E-state index in [4.69, 9.17) is 4.52 Å². The highest BCUT2D eigenvalue weighted by atomic mass is 32.1. The minimum atomic E-state index is 0.632. The van der Waals surface area contributed by atoms with Crippen molar-refractivity contribution in [1.29, 1.82) is 0 Å². The maximum atomic E-state index is 5.23. The Bertz CT molecular complexity index is 460. The fraction of sp³-hybridized carbons (Fsp3) is 0.500. The third kappa shape index (κ3) is 2.56. The summed E-state index contributed by atoms with van der Waals surface area (Å²) in [7, 11) is 0. The largest absolute Gasteiger partial charge is 0.338 e. The second-order valence-electron chi connectivity index (χ2n) is 4.35. The molecule has 1 N–H and O–H groups in total. The van der Waals surface area contributed by atoms with Crippen molar-refractivity contribution in [3.05, 3.63) is 23.4 Å². The lowest BCUT2D eigenvalue weighted by Gasteiger charge is -2.08. The van der Waals surface area contributed by atoms with Gasteiger partial charge in [0.2, 0.25) is 11.7 Å². The van der Waals surface area contributed by atoms with Crippen LogP contribution in [0.4, 0.5) is 0 Å². The van der Waals surface area contributed by atoms with Crippen LogP contribution in [0.15, 0.2) is 22.0 Å². The first-order chi connectivity index (χ1) is 8.42. The first kappa shape index (κ1) is 10.9. The van der Waals surface area contributed by atoms with Crippen LogP contribution in [-0.2, 0) is 6.54 Å². The molecule has 0 amide bonds. The van der Waals surface area contributed by atoms with Crippen molar-refractivity contribution in [2.45, 2.75) is 38.3 Å². The van der Waals surface area contributed by atoms with Gasteiger partial charge in [0.05, 0.1) is 11.4 Å². The molecule has 0 spiro atoms. The second-order valence-corrected chi connectivity index (χ2v) is 5.30. The van der Waals surface area contributed by atoms with Crippen LogP contribution in [0, 0.1) is 0 Å². The zero-order chi connectivity index (χ0) is 11.5. The van der Waals surface area contributed by atoms with Crippen LogP contribution in [0.25, 0.3) is 10.7 Å². The number of aromatic nitrogens is 2. The topological polar surface area (TPSA) is 51.0 Å². The predicted octanol–water partition coefficient (Wildman–Crippen LogP) is 2.83. The highest BCUT2D eigenvalue weighted by molar-refractivity contribution is 7.13. The molecule has 2 aromatic heterocycles. The fourth-order valence-electron chi connectivity index (χ4n) is 2.19. The van der Waals surface area contributed by atoms with Crippen molar-refractivity contribution < 1.29 is 4.52 Å². The Kier molecular flexibility index (Phi) is 3.20. The van der Waals surface area contributed by atoms with Gasteiger partial charge in [-0.05, 0) is 24.3 Å². The van der Waals surface area contributed by atoms with E-state index in [0.717, 1.165) is 4.88 Å². The summed E-state index contributed by atoms with van der Waals surface area (Å²) in [5.74, 6) is 1.38. The monoisotopic (exact) mass is 249 g/mol. The third-order valence-corrected chi connectivity index (χ3v) is 3.97. The van der Waals surface area contributed by atoms with Crippen LogP contribution >= 0.6 is 11.3 Å². The molecule has 0 saturated heterocycles. The van der Waals surface area contributed by atoms with E-state index in [1.807, 2.05) is 17.5 Å². The number of thiophene rings is 1. The number of nitrogens with one attached hydrogen (secondary N) is 1. The van der Waals surface area contributed by atoms with E-state index in [1.54, 1.807) is 11.3 Å². The van der Waals surface area contributed by atoms with Gasteiger partial charge < -0.3 is 9.84 Å². The standard InChI is InChI=1S/C12H15N3OS/c1-2-5-9(4-1)13-8-11-14-12(15-16-11)10-6-3-7-17-10/h3,6-7,9,13H,1-2,4-5,8H2. The third-order valence-electron chi connectivity index (χ3n) is 3.11. The molecule has 90 valence electrons. The van der Waals surface area contributed by atoms with Crippen molar-refractivity contribution in [3.8, 4) is 10.7 Å². The molecular formula is C12H15N3OS. The smallest absolute Gasteiger partial charge is 0.240 e. The molecule has 0 atom stereocenters. The summed E-state index contributed by atoms with van der Waals surface area (Å²) in [4.78, 5) is 5.44. The molecule has 1 aliphatic carbocycles. The van der Waals surface area contributed by atoms with Gasteiger partial charge in [-0.2, -0.15) is 4.98 Å². The molecule has 1 fully saturated rings. The Morgan fingerprint density at radius 3 is 3.06 bits per heavy atom. The van der Waals surface area contributed by atoms with E-state index in [0.29, 0.717) is 24.3 Å². The molecule has 1 saturated carbocycles. The Labute approximate surface area is 104 Å². The normalized spacial score (nSPS) is 16.7. The van der Waals surface area contributed by atoms with E-state index in [-0.39, 0.29) is 0 Å². The van der Waals surface area contributed by atoms with Gasteiger partial charge in [0.1, 0.15) is 0 Å². The van der Waals surface area contributed by atoms with Gasteiger partial charge in [-0.1, -0.05) is 24.1 Å². The molecule has 4 nitrogen and oxygen atoms in total. The summed E-state index contributed by atoms with van der Waals surface area (Å²) in [6, 6.07) is 4.63. The Hall–Kier alpha value is -1.20. The van der Waals surface area contributed by atoms with Crippen LogP contribution in [-0.4, -0.2) is 16.2 Å². The molecule has 1 aliphatic rings. The molecular weight excluding hydrogens is 234 g/mol. The second kappa shape index (κ2) is 4.98. The van der Waals surface area contributed by atoms with Gasteiger partial charge in [-0.3, -0.25) is 0 Å². The van der Waals surface area contributed by atoms with E-state index in [9.17, 15) is 0 Å². The Morgan fingerprint density at radius 2 is 2.29 bits per heavy atom. The highest BCUT2D eigenvalue weighted by Gasteiger charge is 2.16. The van der Waals surface area contributed by atoms with Crippen molar-refractivity contribution in [3.63, 3.8) is 0 Å². The van der Waals surface area contributed by atoms with Crippen LogP contribution in [0.3, 0.4) is 0 Å². The number of hydrogen-bond donors (Lipinski definition) is 1. The van der Waals surface area contributed by atoms with E-state index in [2.05, 4.69) is 15.5 Å². The van der Waals surface area contributed by atoms with Crippen molar-refractivity contribution in [2.75, 3.05) is 0 Å². The molecule has 3 rings (SSSR count). The zero-order valence-electron chi connectivity index (χ0n) is 9.56. The van der Waals surface area contributed by atoms with Crippen LogP contribution in [0.5, 0.6) is 0 Å². The summed E-state index contributed by atoms with van der Waals surface area (Å²) in [6.07, 6.45) is 5.21. The van der Waals surface area contributed by atoms with E-state index >= 15 is 0 Å². The number of nitrogens with zero attached hydrogens (tertiary/aromatic N) is 2. The SMILES string of the molecule is c1csc(-c2noc(CNC3CCCC3)n2)c1. The van der Waals surface area contributed by atoms with Crippen LogP contribution < -0.4 is 5.32 Å². The molecule has 0 aliphatic heterocycles. The van der Waals surface area contributed by atoms with Gasteiger partial charge in [0.25, 0.3) is 0 Å². The molecule has 0 aromatic carbocycles.